The Morgan fingerprint density at radius 1 is 1.19 bits per heavy atom. The predicted octanol–water partition coefficient (Wildman–Crippen LogP) is 3.66. The van der Waals surface area contributed by atoms with Crippen molar-refractivity contribution >= 4 is 11.4 Å². The van der Waals surface area contributed by atoms with Crippen LogP contribution in [0.25, 0.3) is 0 Å². The maximum atomic E-state index is 4.35. The second kappa shape index (κ2) is 6.27. The molecule has 2 aromatic rings. The Morgan fingerprint density at radius 2 is 2.05 bits per heavy atom. The first-order valence-corrected chi connectivity index (χ1v) is 7.77. The quantitative estimate of drug-likeness (QED) is 0.927. The minimum atomic E-state index is 0.486. The molecule has 0 bridgehead atoms. The van der Waals surface area contributed by atoms with E-state index in [1.807, 2.05) is 12.4 Å². The van der Waals surface area contributed by atoms with Crippen LogP contribution in [-0.4, -0.2) is 17.6 Å². The van der Waals surface area contributed by atoms with Crippen LogP contribution in [0.1, 0.15) is 31.4 Å². The van der Waals surface area contributed by atoms with Crippen molar-refractivity contribution in [2.75, 3.05) is 11.4 Å². The van der Waals surface area contributed by atoms with Crippen LogP contribution in [-0.2, 0) is 13.0 Å². The highest BCUT2D eigenvalue weighted by Crippen LogP contribution is 2.34. The molecule has 1 aromatic carbocycles. The van der Waals surface area contributed by atoms with Gasteiger partial charge in [-0.15, -0.1) is 0 Å². The largest absolute Gasteiger partial charge is 0.340 e. The molecule has 0 radical (unpaired) electrons. The van der Waals surface area contributed by atoms with Gasteiger partial charge in [0.25, 0.3) is 0 Å². The topological polar surface area (TPSA) is 28.2 Å². The monoisotopic (exact) mass is 281 g/mol. The molecule has 1 aliphatic heterocycles. The molecule has 0 fully saturated rings. The summed E-state index contributed by atoms with van der Waals surface area (Å²) < 4.78 is 0. The van der Waals surface area contributed by atoms with Gasteiger partial charge in [0.15, 0.2) is 0 Å². The molecule has 0 spiro atoms. The highest BCUT2D eigenvalue weighted by atomic mass is 15.2. The van der Waals surface area contributed by atoms with Crippen molar-refractivity contribution in [3.8, 4) is 0 Å². The van der Waals surface area contributed by atoms with Gasteiger partial charge in [0, 0.05) is 31.0 Å². The van der Waals surface area contributed by atoms with E-state index >= 15 is 0 Å². The molecule has 1 aromatic heterocycles. The summed E-state index contributed by atoms with van der Waals surface area (Å²) in [6.07, 6.45) is 6.26. The fraction of sp³-hybridized carbons (Fsp3) is 0.389. The number of aromatic nitrogens is 1. The molecular formula is C18H23N3. The van der Waals surface area contributed by atoms with Crippen molar-refractivity contribution in [2.24, 2.45) is 0 Å². The van der Waals surface area contributed by atoms with Gasteiger partial charge < -0.3 is 10.2 Å². The maximum absolute atomic E-state index is 4.35. The minimum Gasteiger partial charge on any atom is -0.340 e. The number of nitrogens with zero attached hydrogens (tertiary/aromatic N) is 2. The summed E-state index contributed by atoms with van der Waals surface area (Å²) in [6.45, 7) is 6.31. The number of benzene rings is 1. The van der Waals surface area contributed by atoms with Crippen LogP contribution in [0.5, 0.6) is 0 Å². The number of pyridine rings is 1. The third kappa shape index (κ3) is 3.08. The smallest absolute Gasteiger partial charge is 0.0642 e. The molecule has 2 heterocycles. The fourth-order valence-corrected chi connectivity index (χ4v) is 2.91. The second-order valence-corrected chi connectivity index (χ2v) is 5.92. The zero-order valence-electron chi connectivity index (χ0n) is 12.8. The number of aryl methyl sites for hydroxylation is 1. The van der Waals surface area contributed by atoms with Gasteiger partial charge in [-0.05, 0) is 36.1 Å². The van der Waals surface area contributed by atoms with E-state index in [0.717, 1.165) is 13.1 Å². The first kappa shape index (κ1) is 14.1. The van der Waals surface area contributed by atoms with Crippen LogP contribution in [0.2, 0.25) is 0 Å². The summed E-state index contributed by atoms with van der Waals surface area (Å²) in [5.41, 5.74) is 5.33. The van der Waals surface area contributed by atoms with E-state index in [-0.39, 0.29) is 0 Å². The predicted molar refractivity (Wildman–Crippen MR) is 88.0 cm³/mol. The van der Waals surface area contributed by atoms with Crippen LogP contribution < -0.4 is 10.2 Å². The summed E-state index contributed by atoms with van der Waals surface area (Å²) in [6, 6.07) is 11.3. The zero-order chi connectivity index (χ0) is 14.7. The van der Waals surface area contributed by atoms with Crippen LogP contribution in [0, 0.1) is 0 Å². The first-order chi connectivity index (χ1) is 10.3. The minimum absolute atomic E-state index is 0.486. The maximum Gasteiger partial charge on any atom is 0.0642 e. The second-order valence-electron chi connectivity index (χ2n) is 5.92. The van der Waals surface area contributed by atoms with Gasteiger partial charge in [-0.2, -0.15) is 0 Å². The number of para-hydroxylation sites is 1. The molecule has 3 heteroatoms. The summed E-state index contributed by atoms with van der Waals surface area (Å²) in [7, 11) is 0. The molecule has 0 aliphatic carbocycles. The van der Waals surface area contributed by atoms with E-state index in [4.69, 9.17) is 0 Å². The van der Waals surface area contributed by atoms with Gasteiger partial charge in [-0.25, -0.2) is 0 Å². The number of rotatable bonds is 4. The Morgan fingerprint density at radius 3 is 2.90 bits per heavy atom. The normalized spacial score (nSPS) is 14.3. The Kier molecular flexibility index (Phi) is 4.20. The molecular weight excluding hydrogens is 258 g/mol. The lowest BCUT2D eigenvalue weighted by molar-refractivity contribution is 0.588. The molecule has 110 valence electrons. The van der Waals surface area contributed by atoms with Gasteiger partial charge in [0.05, 0.1) is 11.9 Å². The Labute approximate surface area is 127 Å². The van der Waals surface area contributed by atoms with Gasteiger partial charge in [0.1, 0.15) is 0 Å². The van der Waals surface area contributed by atoms with Gasteiger partial charge >= 0.3 is 0 Å². The SMILES string of the molecule is CC(C)NCc1ccncc1N1CCCc2ccccc21. The molecule has 0 amide bonds. The van der Waals surface area contributed by atoms with E-state index in [9.17, 15) is 0 Å². The van der Waals surface area contributed by atoms with Gasteiger partial charge in [-0.3, -0.25) is 4.98 Å². The number of hydrogen-bond acceptors (Lipinski definition) is 3. The van der Waals surface area contributed by atoms with Crippen molar-refractivity contribution in [1.29, 1.82) is 0 Å². The lowest BCUT2D eigenvalue weighted by atomic mass is 10.0. The van der Waals surface area contributed by atoms with Crippen LogP contribution in [0.15, 0.2) is 42.7 Å². The van der Waals surface area contributed by atoms with Crippen molar-refractivity contribution in [3.05, 3.63) is 53.9 Å². The van der Waals surface area contributed by atoms with E-state index < -0.39 is 0 Å². The average Bonchev–Trinajstić information content (AvgIpc) is 2.53. The molecule has 0 saturated heterocycles. The lowest BCUT2D eigenvalue weighted by Gasteiger charge is -2.32. The molecule has 21 heavy (non-hydrogen) atoms. The van der Waals surface area contributed by atoms with Crippen molar-refractivity contribution < 1.29 is 0 Å². The summed E-state index contributed by atoms with van der Waals surface area (Å²) in [4.78, 5) is 6.77. The molecule has 3 rings (SSSR count). The van der Waals surface area contributed by atoms with Crippen LogP contribution in [0.3, 0.4) is 0 Å². The first-order valence-electron chi connectivity index (χ1n) is 7.77. The Balaban J connectivity index is 1.94. The van der Waals surface area contributed by atoms with E-state index in [2.05, 4.69) is 59.4 Å². The lowest BCUT2D eigenvalue weighted by Crippen LogP contribution is -2.28. The summed E-state index contributed by atoms with van der Waals surface area (Å²) in [5.74, 6) is 0. The molecule has 1 aliphatic rings. The number of fused-ring (bicyclic) bond motifs is 1. The van der Waals surface area contributed by atoms with Crippen LogP contribution >= 0.6 is 0 Å². The number of hydrogen-bond donors (Lipinski definition) is 1. The van der Waals surface area contributed by atoms with E-state index in [1.54, 1.807) is 0 Å². The highest BCUT2D eigenvalue weighted by molar-refractivity contribution is 5.69. The van der Waals surface area contributed by atoms with Crippen molar-refractivity contribution in [1.82, 2.24) is 10.3 Å². The van der Waals surface area contributed by atoms with Crippen LogP contribution in [0.4, 0.5) is 11.4 Å². The van der Waals surface area contributed by atoms with Gasteiger partial charge in [-0.1, -0.05) is 32.0 Å². The van der Waals surface area contributed by atoms with Crippen molar-refractivity contribution in [3.63, 3.8) is 0 Å². The summed E-state index contributed by atoms with van der Waals surface area (Å²) in [5, 5.41) is 3.51. The standard InChI is InChI=1S/C18H23N3/c1-14(2)20-12-16-9-10-19-13-18(16)21-11-5-7-15-6-3-4-8-17(15)21/h3-4,6,8-10,13-14,20H,5,7,11-12H2,1-2H3. The molecule has 0 saturated carbocycles. The Hall–Kier alpha value is -1.87. The van der Waals surface area contributed by atoms with Crippen molar-refractivity contribution in [2.45, 2.75) is 39.3 Å². The van der Waals surface area contributed by atoms with Gasteiger partial charge in [0.2, 0.25) is 0 Å². The number of anilines is 2. The molecule has 0 unspecified atom stereocenters. The third-order valence-corrected chi connectivity index (χ3v) is 3.99. The third-order valence-electron chi connectivity index (χ3n) is 3.99. The zero-order valence-corrected chi connectivity index (χ0v) is 12.8. The molecule has 1 N–H and O–H groups in total. The van der Waals surface area contributed by atoms with E-state index in [1.165, 1.54) is 35.3 Å². The van der Waals surface area contributed by atoms with E-state index in [0.29, 0.717) is 6.04 Å². The number of nitrogens with one attached hydrogen (secondary N) is 1. The molecule has 3 nitrogen and oxygen atoms in total. The fourth-order valence-electron chi connectivity index (χ4n) is 2.91. The molecule has 0 atom stereocenters. The summed E-state index contributed by atoms with van der Waals surface area (Å²) >= 11 is 0. The average molecular weight is 281 g/mol. The Bertz CT molecular complexity index is 607. The highest BCUT2D eigenvalue weighted by Gasteiger charge is 2.19.